The van der Waals surface area contributed by atoms with Gasteiger partial charge in [0.15, 0.2) is 23.3 Å². The van der Waals surface area contributed by atoms with E-state index in [9.17, 15) is 0 Å². The summed E-state index contributed by atoms with van der Waals surface area (Å²) in [7, 11) is 0. The van der Waals surface area contributed by atoms with Crippen molar-refractivity contribution in [2.75, 3.05) is 4.90 Å². The molecule has 0 fully saturated rings. The molecule has 11 aromatic carbocycles. The van der Waals surface area contributed by atoms with Crippen molar-refractivity contribution >= 4 is 29.2 Å². The molecule has 82 heavy (non-hydrogen) atoms. The Hall–Kier alpha value is -10.2. The number of hydrogen-bond acceptors (Lipinski definition) is 3. The Kier molecular flexibility index (Phi) is 12.6. The largest absolute Gasteiger partial charge is 0.457 e. The third-order valence-corrected chi connectivity index (χ3v) is 15.8. The van der Waals surface area contributed by atoms with Gasteiger partial charge in [0.25, 0.3) is 0 Å². The van der Waals surface area contributed by atoms with Crippen LogP contribution in [0.1, 0.15) is 55.6 Å². The maximum absolute atomic E-state index is 17.1. The first-order valence-electron chi connectivity index (χ1n) is 26.3. The topological polar surface area (TPSA) is 21.7 Å². The van der Waals surface area contributed by atoms with Gasteiger partial charge in [-0.2, -0.15) is 0 Å². The van der Waals surface area contributed by atoms with Crippen LogP contribution in [0, 0.1) is 40.7 Å². The number of fused-ring (bicyclic) bond motifs is 6. The minimum atomic E-state index is -1.86. The fourth-order valence-corrected chi connectivity index (χ4v) is 12.2. The lowest BCUT2D eigenvalue weighted by atomic mass is 9.67. The van der Waals surface area contributed by atoms with E-state index in [0.717, 1.165) is 35.4 Å². The summed E-state index contributed by atoms with van der Waals surface area (Å²) in [5.74, 6) is -5.94. The number of halogens is 7. The lowest BCUT2D eigenvalue weighted by molar-refractivity contribution is 0.463. The number of rotatable bonds is 13. The molecule has 398 valence electrons. The molecule has 0 aliphatic heterocycles. The van der Waals surface area contributed by atoms with Gasteiger partial charge in [-0.25, -0.2) is 30.7 Å². The van der Waals surface area contributed by atoms with Crippen molar-refractivity contribution < 1.29 is 40.2 Å². The minimum absolute atomic E-state index is 0.376. The van der Waals surface area contributed by atoms with Crippen LogP contribution in [0.4, 0.5) is 47.8 Å². The van der Waals surface area contributed by atoms with Crippen LogP contribution >= 0.6 is 0 Å². The van der Waals surface area contributed by atoms with E-state index >= 15 is 30.7 Å². The Morgan fingerprint density at radius 1 is 0.329 bits per heavy atom. The summed E-state index contributed by atoms with van der Waals surface area (Å²) < 4.78 is 128. The Morgan fingerprint density at radius 3 is 1.06 bits per heavy atom. The molecule has 10 heteroatoms. The molecule has 2 unspecified atom stereocenters. The smallest absolute Gasteiger partial charge is 0.166 e. The Bertz CT molecular complexity index is 4080. The average molecular weight is 1090 g/mol. The first-order valence-corrected chi connectivity index (χ1v) is 26.3. The van der Waals surface area contributed by atoms with Gasteiger partial charge >= 0.3 is 0 Å². The van der Waals surface area contributed by atoms with Crippen molar-refractivity contribution in [1.29, 1.82) is 0 Å². The maximum Gasteiger partial charge on any atom is 0.166 e. The average Bonchev–Trinajstić information content (AvgIpc) is 2.28. The fraction of sp³-hybridized carbons (Fsp3) is 0.0278. The number of ether oxygens (including phenoxy) is 2. The molecule has 13 rings (SSSR count). The van der Waals surface area contributed by atoms with Crippen molar-refractivity contribution in [3.8, 4) is 45.3 Å². The highest BCUT2D eigenvalue weighted by Crippen LogP contribution is 2.61. The molecule has 0 saturated heterocycles. The fourth-order valence-electron chi connectivity index (χ4n) is 12.2. The molecule has 0 saturated carbocycles. The molecule has 0 N–H and O–H groups in total. The van der Waals surface area contributed by atoms with Gasteiger partial charge in [0, 0.05) is 28.2 Å². The third kappa shape index (κ3) is 8.12. The summed E-state index contributed by atoms with van der Waals surface area (Å²) in [6.45, 7) is 7.64. The van der Waals surface area contributed by atoms with Crippen LogP contribution in [0.15, 0.2) is 244 Å². The zero-order valence-corrected chi connectivity index (χ0v) is 43.4. The molecule has 11 aromatic rings. The Balaban J connectivity index is 1.03. The van der Waals surface area contributed by atoms with Gasteiger partial charge in [0.05, 0.1) is 10.8 Å². The highest BCUT2D eigenvalue weighted by molar-refractivity contribution is 5.92. The summed E-state index contributed by atoms with van der Waals surface area (Å²) in [6.07, 6.45) is 3.42. The van der Waals surface area contributed by atoms with Crippen LogP contribution in [-0.4, -0.2) is 0 Å². The van der Waals surface area contributed by atoms with Crippen LogP contribution in [-0.2, 0) is 10.8 Å². The molecule has 0 aromatic heterocycles. The van der Waals surface area contributed by atoms with Crippen LogP contribution in [0.25, 0.3) is 34.4 Å². The number of nitrogens with zero attached hydrogens (tertiary/aromatic N) is 1. The number of benzene rings is 11. The first-order chi connectivity index (χ1) is 39.9. The van der Waals surface area contributed by atoms with Crippen LogP contribution in [0.5, 0.6) is 23.0 Å². The Labute approximate surface area is 468 Å². The van der Waals surface area contributed by atoms with Gasteiger partial charge in [-0.1, -0.05) is 135 Å². The minimum Gasteiger partial charge on any atom is -0.457 e. The molecule has 0 amide bonds. The van der Waals surface area contributed by atoms with Crippen molar-refractivity contribution in [3.05, 3.63) is 340 Å². The summed E-state index contributed by atoms with van der Waals surface area (Å²) in [5.41, 5.74) is 3.04. The summed E-state index contributed by atoms with van der Waals surface area (Å²) in [4.78, 5) is 1.79. The monoisotopic (exact) mass is 1090 g/mol. The summed E-state index contributed by atoms with van der Waals surface area (Å²) >= 11 is 0. The van der Waals surface area contributed by atoms with E-state index in [1.54, 1.807) is 138 Å². The van der Waals surface area contributed by atoms with Crippen molar-refractivity contribution in [2.24, 2.45) is 0 Å². The van der Waals surface area contributed by atoms with Crippen LogP contribution in [0.2, 0.25) is 0 Å². The zero-order valence-electron chi connectivity index (χ0n) is 43.4. The summed E-state index contributed by atoms with van der Waals surface area (Å²) in [5, 5.41) is 0. The van der Waals surface area contributed by atoms with Crippen LogP contribution in [0.3, 0.4) is 0 Å². The quantitative estimate of drug-likeness (QED) is 0.0848. The maximum atomic E-state index is 17.1. The van der Waals surface area contributed by atoms with E-state index in [0.29, 0.717) is 95.7 Å². The second-order valence-electron chi connectivity index (χ2n) is 20.1. The van der Waals surface area contributed by atoms with E-state index in [4.69, 9.17) is 9.47 Å². The first kappa shape index (κ1) is 51.3. The molecule has 0 heterocycles. The molecule has 2 atom stereocenters. The highest BCUT2D eigenvalue weighted by atomic mass is 19.2. The third-order valence-electron chi connectivity index (χ3n) is 15.8. The van der Waals surface area contributed by atoms with Crippen LogP contribution < -0.4 is 14.4 Å². The molecule has 3 nitrogen and oxygen atoms in total. The molecule has 0 bridgehead atoms. The van der Waals surface area contributed by atoms with Gasteiger partial charge in [-0.05, 0) is 188 Å². The predicted molar refractivity (Wildman–Crippen MR) is 309 cm³/mol. The van der Waals surface area contributed by atoms with E-state index in [1.807, 2.05) is 72.8 Å². The predicted octanol–water partition coefficient (Wildman–Crippen LogP) is 19.7. The zero-order chi connectivity index (χ0) is 56.4. The molecule has 2 aliphatic carbocycles. The van der Waals surface area contributed by atoms with Gasteiger partial charge < -0.3 is 14.4 Å². The lowest BCUT2D eigenvalue weighted by Gasteiger charge is -2.36. The van der Waals surface area contributed by atoms with Crippen molar-refractivity contribution in [1.82, 2.24) is 0 Å². The van der Waals surface area contributed by atoms with E-state index in [2.05, 4.69) is 13.2 Å². The molecule has 0 radical (unpaired) electrons. The molecule has 0 spiro atoms. The van der Waals surface area contributed by atoms with Crippen molar-refractivity contribution in [2.45, 2.75) is 10.8 Å². The molecular weight excluding hydrogens is 1040 g/mol. The summed E-state index contributed by atoms with van der Waals surface area (Å²) in [6, 6.07) is 62.3. The van der Waals surface area contributed by atoms with Gasteiger partial charge in [-0.15, -0.1) is 0 Å². The van der Waals surface area contributed by atoms with Crippen molar-refractivity contribution in [3.63, 3.8) is 0 Å². The highest BCUT2D eigenvalue weighted by Gasteiger charge is 2.52. The molecular formula is C72H44F7NO2. The van der Waals surface area contributed by atoms with Gasteiger partial charge in [0.2, 0.25) is 0 Å². The second kappa shape index (κ2) is 20.2. The van der Waals surface area contributed by atoms with E-state index in [1.165, 1.54) is 12.1 Å². The van der Waals surface area contributed by atoms with E-state index < -0.39 is 62.7 Å². The lowest BCUT2D eigenvalue weighted by Crippen LogP contribution is -2.32. The standard InChI is InChI=1S/C72H44F7NO2/c1-3-43-13-27-51(28-14-43)81-53-31-17-45(18-32-53)71(67-63(74)37-39-65(76)69(67)78)59-11-7-5-9-55(59)57-35-25-49(41-61(57)71)80(48-23-21-47(73)22-24-48)50-26-36-58-56-10-6-8-12-60(56)72(62(58)42-50,68-64(75)38-40-66(77)70(68)79)46-19-33-54(34-20-46)82-52-29-15-44(4-2)16-30-52/h3-42H,1-2H2. The Morgan fingerprint density at radius 2 is 0.671 bits per heavy atom. The van der Waals surface area contributed by atoms with Gasteiger partial charge in [0.1, 0.15) is 40.4 Å². The second-order valence-corrected chi connectivity index (χ2v) is 20.1. The van der Waals surface area contributed by atoms with E-state index in [-0.39, 0.29) is 0 Å². The number of anilines is 3. The number of hydrogen-bond donors (Lipinski definition) is 0. The SMILES string of the molecule is C=Cc1ccc(Oc2ccc(C3(c4c(F)ccc(F)c4F)c4ccccc4-c4ccc(N(c5ccc(F)cc5)c5ccc6c(c5)C(c5ccc(Oc7ccc(C=C)cc7)cc5)(c5c(F)ccc(F)c5F)c5ccccc5-6)cc43)cc2)cc1. The van der Waals surface area contributed by atoms with Gasteiger partial charge in [-0.3, -0.25) is 0 Å². The molecule has 2 aliphatic rings. The normalized spacial score (nSPS) is 15.5.